The van der Waals surface area contributed by atoms with E-state index in [1.807, 2.05) is 0 Å². The number of carbonyl (C=O) groups excluding carboxylic acids is 1. The maximum Gasteiger partial charge on any atom is 0.396 e. The third kappa shape index (κ3) is 0.967. The predicted octanol–water partition coefficient (Wildman–Crippen LogP) is 1.67. The second-order valence-corrected chi connectivity index (χ2v) is 3.19. The van der Waals surface area contributed by atoms with Crippen molar-refractivity contribution < 1.29 is 9.21 Å². The molecule has 60 valence electrons. The molecule has 0 atom stereocenters. The average molecular weight is 180 g/mol. The number of benzene rings is 1. The summed E-state index contributed by atoms with van der Waals surface area (Å²) < 4.78 is 5.44. The molecule has 4 heteroatoms. The lowest BCUT2D eigenvalue weighted by atomic mass is 10.2. The average Bonchev–Trinajstić information content (AvgIpc) is 2.44. The minimum Gasteiger partial charge on any atom is -0.414 e. The monoisotopic (exact) mass is 180 g/mol. The normalized spacial score (nSPS) is 10.3. The Morgan fingerprint density at radius 1 is 1.42 bits per heavy atom. The third-order valence-electron chi connectivity index (χ3n) is 1.52. The van der Waals surface area contributed by atoms with Crippen molar-refractivity contribution in [2.75, 3.05) is 0 Å². The highest BCUT2D eigenvalue weighted by atomic mass is 32.1. The van der Waals surface area contributed by atoms with Crippen molar-refractivity contribution in [3.05, 3.63) is 33.5 Å². The van der Waals surface area contributed by atoms with Crippen molar-refractivity contribution in [2.45, 2.75) is 0 Å². The molecular weight excluding hydrogens is 176 g/mol. The van der Waals surface area contributed by atoms with E-state index < -0.39 is 0 Å². The molecule has 0 radical (unpaired) electrons. The number of hydrogen-bond acceptors (Lipinski definition) is 4. The van der Waals surface area contributed by atoms with Gasteiger partial charge in [0.1, 0.15) is 5.58 Å². The van der Waals surface area contributed by atoms with Crippen LogP contribution in [0.1, 0.15) is 10.4 Å². The zero-order valence-corrected chi connectivity index (χ0v) is 6.76. The van der Waals surface area contributed by atoms with Gasteiger partial charge in [-0.05, 0) is 12.1 Å². The quantitative estimate of drug-likeness (QED) is 0.627. The fourth-order valence-electron chi connectivity index (χ4n) is 1.01. The van der Waals surface area contributed by atoms with Crippen molar-refractivity contribution in [1.82, 2.24) is 0 Å². The fraction of sp³-hybridized carbons (Fsp3) is 0. The topological polar surface area (TPSA) is 47.3 Å². The summed E-state index contributed by atoms with van der Waals surface area (Å²) in [5.74, 6) is 0. The van der Waals surface area contributed by atoms with E-state index in [-0.39, 0.29) is 4.94 Å². The van der Waals surface area contributed by atoms with Crippen LogP contribution in [-0.2, 0) is 0 Å². The van der Waals surface area contributed by atoms with Crippen LogP contribution in [0.3, 0.4) is 0 Å². The molecule has 0 fully saturated rings. The van der Waals surface area contributed by atoms with Crippen LogP contribution in [0.5, 0.6) is 0 Å². The molecule has 2 aromatic rings. The molecule has 0 aliphatic carbocycles. The molecule has 0 unspecified atom stereocenters. The van der Waals surface area contributed by atoms with E-state index in [4.69, 9.17) is 4.42 Å². The lowest BCUT2D eigenvalue weighted by Crippen LogP contribution is -1.79. The van der Waals surface area contributed by atoms with Gasteiger partial charge in [0.15, 0.2) is 6.29 Å². The van der Waals surface area contributed by atoms with Gasteiger partial charge in [0.2, 0.25) is 0 Å². The Hall–Kier alpha value is -1.42. The van der Waals surface area contributed by atoms with E-state index in [0.29, 0.717) is 22.1 Å². The number of carbonyl (C=O) groups is 1. The molecule has 2 rings (SSSR count). The van der Waals surface area contributed by atoms with Gasteiger partial charge in [-0.1, -0.05) is 17.4 Å². The highest BCUT2D eigenvalue weighted by Crippen LogP contribution is 2.19. The molecule has 0 aliphatic rings. The Labute approximate surface area is 71.2 Å². The Bertz CT molecular complexity index is 480. The van der Waals surface area contributed by atoms with Gasteiger partial charge in [-0.3, -0.25) is 4.79 Å². The molecule has 0 saturated carbocycles. The van der Waals surface area contributed by atoms with Gasteiger partial charge in [-0.2, -0.15) is 0 Å². The Kier molecular flexibility index (Phi) is 1.55. The zero-order valence-electron chi connectivity index (χ0n) is 5.94. The molecule has 3 nitrogen and oxygen atoms in total. The van der Waals surface area contributed by atoms with Gasteiger partial charge in [0.05, 0.1) is 4.70 Å². The first kappa shape index (κ1) is 7.24. The molecule has 0 N–H and O–H groups in total. The van der Waals surface area contributed by atoms with Crippen LogP contribution in [0.4, 0.5) is 0 Å². The summed E-state index contributed by atoms with van der Waals surface area (Å²) in [5.41, 5.74) is 0.984. The van der Waals surface area contributed by atoms with Gasteiger partial charge in [-0.25, -0.2) is 4.79 Å². The van der Waals surface area contributed by atoms with Crippen LogP contribution in [0.2, 0.25) is 0 Å². The van der Waals surface area contributed by atoms with E-state index >= 15 is 0 Å². The van der Waals surface area contributed by atoms with E-state index in [0.717, 1.165) is 11.3 Å². The molecule has 1 heterocycles. The maximum absolute atomic E-state index is 10.8. The lowest BCUT2D eigenvalue weighted by molar-refractivity contribution is 0.112. The summed E-state index contributed by atoms with van der Waals surface area (Å²) >= 11 is 0.950. The van der Waals surface area contributed by atoms with Crippen molar-refractivity contribution >= 4 is 27.9 Å². The number of fused-ring (bicyclic) bond motifs is 1. The Balaban J connectivity index is 2.96. The van der Waals surface area contributed by atoms with Crippen molar-refractivity contribution in [3.63, 3.8) is 0 Å². The zero-order chi connectivity index (χ0) is 8.55. The lowest BCUT2D eigenvalue weighted by Gasteiger charge is -1.88. The summed E-state index contributed by atoms with van der Waals surface area (Å²) in [7, 11) is 0. The number of aldehydes is 1. The SMILES string of the molecule is O=Cc1cccc2oc(=O)sc12. The predicted molar refractivity (Wildman–Crippen MR) is 45.7 cm³/mol. The van der Waals surface area contributed by atoms with Crippen LogP contribution in [0.15, 0.2) is 27.4 Å². The molecule has 12 heavy (non-hydrogen) atoms. The summed E-state index contributed by atoms with van der Waals surface area (Å²) in [5, 5.41) is 0. The number of hydrogen-bond donors (Lipinski definition) is 0. The van der Waals surface area contributed by atoms with Crippen LogP contribution in [0.25, 0.3) is 10.3 Å². The highest BCUT2D eigenvalue weighted by molar-refractivity contribution is 7.16. The first-order chi connectivity index (χ1) is 5.81. The molecule has 1 aromatic heterocycles. The van der Waals surface area contributed by atoms with Crippen LogP contribution >= 0.6 is 11.3 Å². The highest BCUT2D eigenvalue weighted by Gasteiger charge is 2.04. The Morgan fingerprint density at radius 3 is 3.00 bits per heavy atom. The standard InChI is InChI=1S/C8H4O3S/c9-4-5-2-1-3-6-7(5)12-8(10)11-6/h1-4H. The van der Waals surface area contributed by atoms with Crippen molar-refractivity contribution in [3.8, 4) is 0 Å². The molecular formula is C8H4O3S. The summed E-state index contributed by atoms with van der Waals surface area (Å²) in [6.07, 6.45) is 0.716. The van der Waals surface area contributed by atoms with Crippen LogP contribution in [0, 0.1) is 0 Å². The second kappa shape index (κ2) is 2.57. The minimum atomic E-state index is -0.376. The van der Waals surface area contributed by atoms with Gasteiger partial charge in [0, 0.05) is 5.56 Å². The summed E-state index contributed by atoms with van der Waals surface area (Å²) in [4.78, 5) is 20.9. The largest absolute Gasteiger partial charge is 0.414 e. The van der Waals surface area contributed by atoms with E-state index in [1.54, 1.807) is 18.2 Å². The van der Waals surface area contributed by atoms with Gasteiger partial charge >= 0.3 is 4.94 Å². The smallest absolute Gasteiger partial charge is 0.396 e. The third-order valence-corrected chi connectivity index (χ3v) is 2.41. The maximum atomic E-state index is 10.8. The molecule has 0 amide bonds. The van der Waals surface area contributed by atoms with Gasteiger partial charge < -0.3 is 4.42 Å². The van der Waals surface area contributed by atoms with Gasteiger partial charge in [-0.15, -0.1) is 0 Å². The molecule has 0 saturated heterocycles. The van der Waals surface area contributed by atoms with Crippen LogP contribution < -0.4 is 4.94 Å². The van der Waals surface area contributed by atoms with Crippen molar-refractivity contribution in [1.29, 1.82) is 0 Å². The Morgan fingerprint density at radius 2 is 2.25 bits per heavy atom. The second-order valence-electron chi connectivity index (χ2n) is 2.25. The molecule has 0 bridgehead atoms. The molecule has 0 aliphatic heterocycles. The van der Waals surface area contributed by atoms with Gasteiger partial charge in [0.25, 0.3) is 0 Å². The molecule has 1 aromatic carbocycles. The fourth-order valence-corrected chi connectivity index (χ4v) is 1.75. The first-order valence-electron chi connectivity index (χ1n) is 3.29. The summed E-state index contributed by atoms with van der Waals surface area (Å²) in [6, 6.07) is 5.00. The first-order valence-corrected chi connectivity index (χ1v) is 4.11. The van der Waals surface area contributed by atoms with E-state index in [9.17, 15) is 9.59 Å². The number of rotatable bonds is 1. The van der Waals surface area contributed by atoms with E-state index in [2.05, 4.69) is 0 Å². The molecule has 0 spiro atoms. The minimum absolute atomic E-state index is 0.376. The van der Waals surface area contributed by atoms with Crippen LogP contribution in [-0.4, -0.2) is 6.29 Å². The van der Waals surface area contributed by atoms with E-state index in [1.165, 1.54) is 0 Å². The summed E-state index contributed by atoms with van der Waals surface area (Å²) in [6.45, 7) is 0. The van der Waals surface area contributed by atoms with Crippen molar-refractivity contribution in [2.24, 2.45) is 0 Å².